The van der Waals surface area contributed by atoms with E-state index in [1.54, 1.807) is 13.8 Å². The first-order valence-corrected chi connectivity index (χ1v) is 8.60. The van der Waals surface area contributed by atoms with Gasteiger partial charge in [-0.05, 0) is 33.1 Å². The van der Waals surface area contributed by atoms with Gasteiger partial charge < -0.3 is 13.8 Å². The van der Waals surface area contributed by atoms with E-state index in [1.165, 1.54) is 0 Å². The van der Waals surface area contributed by atoms with Crippen LogP contribution in [0.5, 0.6) is 0 Å². The second-order valence-corrected chi connectivity index (χ2v) is 7.00. The lowest BCUT2D eigenvalue weighted by Gasteiger charge is -2.28. The number of hydrogen-bond donors (Lipinski definition) is 0. The predicted molar refractivity (Wildman–Crippen MR) is 75.4 cm³/mol. The molecule has 2 rings (SSSR count). The summed E-state index contributed by atoms with van der Waals surface area (Å²) in [5, 5.41) is 0.957. The maximum absolute atomic E-state index is 12.8. The topological polar surface area (TPSA) is 44.8 Å². The molecular weight excluding hydrogens is 287 g/mol. The lowest BCUT2D eigenvalue weighted by atomic mass is 9.91. The van der Waals surface area contributed by atoms with E-state index in [1.807, 2.05) is 6.08 Å². The van der Waals surface area contributed by atoms with Crippen LogP contribution in [0.3, 0.4) is 0 Å². The monoisotopic (exact) mass is 306 g/mol. The van der Waals surface area contributed by atoms with Crippen LogP contribution in [0, 0.1) is 0 Å². The maximum Gasteiger partial charge on any atom is 0.360 e. The Bertz CT molecular complexity index is 436. The summed E-state index contributed by atoms with van der Waals surface area (Å²) < 4.78 is 29.3. The number of hydrogen-bond acceptors (Lipinski definition) is 4. The average molecular weight is 307 g/mol. The van der Waals surface area contributed by atoms with Crippen molar-refractivity contribution in [3.63, 3.8) is 0 Å². The van der Waals surface area contributed by atoms with Crippen LogP contribution < -0.4 is 0 Å². The van der Waals surface area contributed by atoms with Gasteiger partial charge >= 0.3 is 7.60 Å². The van der Waals surface area contributed by atoms with Gasteiger partial charge in [-0.3, -0.25) is 4.57 Å². The smallest absolute Gasteiger partial charge is 0.360 e. The van der Waals surface area contributed by atoms with Gasteiger partial charge in [0.05, 0.1) is 30.2 Å². The van der Waals surface area contributed by atoms with Crippen LogP contribution in [0.1, 0.15) is 33.1 Å². The average Bonchev–Trinajstić information content (AvgIpc) is 2.69. The van der Waals surface area contributed by atoms with Gasteiger partial charge in [0.25, 0.3) is 0 Å². The molecule has 108 valence electrons. The van der Waals surface area contributed by atoms with Crippen molar-refractivity contribution < 1.29 is 18.3 Å². The Kier molecular flexibility index (Phi) is 4.91. The van der Waals surface area contributed by atoms with Gasteiger partial charge in [-0.15, -0.1) is 0 Å². The Morgan fingerprint density at radius 1 is 1.42 bits per heavy atom. The van der Waals surface area contributed by atoms with Crippen molar-refractivity contribution in [3.8, 4) is 0 Å². The highest BCUT2D eigenvalue weighted by Gasteiger charge is 2.46. The predicted octanol–water partition coefficient (Wildman–Crippen LogP) is 4.21. The third kappa shape index (κ3) is 2.84. The second kappa shape index (κ2) is 6.11. The van der Waals surface area contributed by atoms with Crippen molar-refractivity contribution in [3.05, 3.63) is 22.5 Å². The van der Waals surface area contributed by atoms with E-state index in [0.717, 1.165) is 19.3 Å². The molecule has 1 heterocycles. The van der Waals surface area contributed by atoms with Crippen molar-refractivity contribution in [2.45, 2.75) is 38.7 Å². The number of ether oxygens (including phenoxy) is 1. The van der Waals surface area contributed by atoms with Gasteiger partial charge in [0.1, 0.15) is 5.60 Å². The van der Waals surface area contributed by atoms with Crippen molar-refractivity contribution in [2.24, 2.45) is 0 Å². The molecule has 0 fully saturated rings. The number of halogens is 1. The molecule has 1 atom stereocenters. The van der Waals surface area contributed by atoms with Crippen LogP contribution in [-0.2, 0) is 18.3 Å². The maximum atomic E-state index is 12.8. The Hall–Kier alpha value is -0.120. The minimum Gasteiger partial charge on any atom is -0.360 e. The molecule has 1 unspecified atom stereocenters. The Morgan fingerprint density at radius 3 is 2.63 bits per heavy atom. The van der Waals surface area contributed by atoms with Crippen molar-refractivity contribution in [2.75, 3.05) is 19.8 Å². The summed E-state index contributed by atoms with van der Waals surface area (Å²) in [7, 11) is -3.33. The van der Waals surface area contributed by atoms with E-state index in [9.17, 15) is 4.57 Å². The molecule has 2 aliphatic rings. The molecule has 0 aromatic carbocycles. The quantitative estimate of drug-likeness (QED) is 0.564. The van der Waals surface area contributed by atoms with Gasteiger partial charge in [-0.2, -0.15) is 0 Å². The van der Waals surface area contributed by atoms with Gasteiger partial charge in [-0.1, -0.05) is 23.8 Å². The fourth-order valence-corrected chi connectivity index (χ4v) is 4.74. The summed E-state index contributed by atoms with van der Waals surface area (Å²) in [5.41, 5.74) is -0.612. The van der Waals surface area contributed by atoms with Crippen LogP contribution in [0.25, 0.3) is 0 Å². The molecule has 0 amide bonds. The molecule has 4 nitrogen and oxygen atoms in total. The van der Waals surface area contributed by atoms with Gasteiger partial charge in [0.15, 0.2) is 0 Å². The summed E-state index contributed by atoms with van der Waals surface area (Å²) in [6.07, 6.45) is 6.87. The molecule has 0 aromatic rings. The molecule has 0 N–H and O–H groups in total. The molecule has 0 saturated heterocycles. The first kappa shape index (κ1) is 15.3. The molecule has 0 aromatic heterocycles. The molecule has 19 heavy (non-hydrogen) atoms. The lowest BCUT2D eigenvalue weighted by Crippen LogP contribution is -2.28. The summed E-state index contributed by atoms with van der Waals surface area (Å²) in [4.78, 5) is 0. The molecule has 1 aliphatic heterocycles. The number of allylic oxidation sites excluding steroid dienone is 1. The zero-order valence-corrected chi connectivity index (χ0v) is 13.0. The SMILES string of the molecule is CCOP(=O)(OCC)C1=C(Cl)C2(C=CCCC2)OC1. The third-order valence-electron chi connectivity index (χ3n) is 3.33. The molecular formula is C13H20ClO4P. The van der Waals surface area contributed by atoms with E-state index in [4.69, 9.17) is 25.4 Å². The van der Waals surface area contributed by atoms with Crippen LogP contribution in [0.15, 0.2) is 22.5 Å². The highest BCUT2D eigenvalue weighted by molar-refractivity contribution is 7.58. The first-order chi connectivity index (χ1) is 9.08. The highest BCUT2D eigenvalue weighted by Crippen LogP contribution is 2.62. The van der Waals surface area contributed by atoms with Crippen molar-refractivity contribution in [1.29, 1.82) is 0 Å². The van der Waals surface area contributed by atoms with Crippen molar-refractivity contribution in [1.82, 2.24) is 0 Å². The fourth-order valence-electron chi connectivity index (χ4n) is 2.44. The summed E-state index contributed by atoms with van der Waals surface area (Å²) in [5.74, 6) is 0. The van der Waals surface area contributed by atoms with Crippen LogP contribution in [-0.4, -0.2) is 25.4 Å². The number of rotatable bonds is 5. The zero-order valence-electron chi connectivity index (χ0n) is 11.4. The second-order valence-electron chi connectivity index (χ2n) is 4.57. The Labute approximate surface area is 119 Å². The summed E-state index contributed by atoms with van der Waals surface area (Å²) >= 11 is 6.44. The van der Waals surface area contributed by atoms with Crippen LogP contribution in [0.2, 0.25) is 0 Å². The lowest BCUT2D eigenvalue weighted by molar-refractivity contribution is 0.0495. The fraction of sp³-hybridized carbons (Fsp3) is 0.692. The normalized spacial score (nSPS) is 27.5. The van der Waals surface area contributed by atoms with E-state index in [-0.39, 0.29) is 6.61 Å². The molecule has 0 radical (unpaired) electrons. The summed E-state index contributed by atoms with van der Waals surface area (Å²) in [6, 6.07) is 0. The standard InChI is InChI=1S/C13H20ClO4P/c1-3-17-19(15,18-4-2)11-10-16-13(12(11)14)8-6-5-7-9-13/h6,8H,3-5,7,9-10H2,1-2H3. The molecule has 6 heteroatoms. The Morgan fingerprint density at radius 2 is 2.11 bits per heavy atom. The van der Waals surface area contributed by atoms with Crippen molar-refractivity contribution >= 4 is 19.2 Å². The summed E-state index contributed by atoms with van der Waals surface area (Å²) in [6.45, 7) is 4.40. The minimum atomic E-state index is -3.33. The van der Waals surface area contributed by atoms with E-state index < -0.39 is 13.2 Å². The molecule has 1 spiro atoms. The van der Waals surface area contributed by atoms with E-state index in [0.29, 0.717) is 23.6 Å². The highest BCUT2D eigenvalue weighted by atomic mass is 35.5. The zero-order chi connectivity index (χ0) is 13.9. The van der Waals surface area contributed by atoms with Crippen LogP contribution in [0.4, 0.5) is 0 Å². The molecule has 0 saturated carbocycles. The van der Waals surface area contributed by atoms with E-state index >= 15 is 0 Å². The first-order valence-electron chi connectivity index (χ1n) is 6.68. The van der Waals surface area contributed by atoms with Crippen LogP contribution >= 0.6 is 19.2 Å². The largest absolute Gasteiger partial charge is 0.360 e. The van der Waals surface area contributed by atoms with E-state index in [2.05, 4.69) is 6.08 Å². The third-order valence-corrected chi connectivity index (χ3v) is 6.22. The Balaban J connectivity index is 2.35. The van der Waals surface area contributed by atoms with Gasteiger partial charge in [-0.25, -0.2) is 0 Å². The molecule has 0 bridgehead atoms. The molecule has 1 aliphatic carbocycles. The minimum absolute atomic E-state index is 0.209. The van der Waals surface area contributed by atoms with Gasteiger partial charge in [0, 0.05) is 0 Å². The van der Waals surface area contributed by atoms with Gasteiger partial charge in [0.2, 0.25) is 0 Å².